The van der Waals surface area contributed by atoms with Crippen LogP contribution in [0.15, 0.2) is 52.7 Å². The first-order valence-electron chi connectivity index (χ1n) is 11.5. The molecule has 0 saturated heterocycles. The molecule has 35 heavy (non-hydrogen) atoms. The molecular formula is C25H28ClN5O3S. The summed E-state index contributed by atoms with van der Waals surface area (Å²) in [6.07, 6.45) is 7.32. The third-order valence-corrected chi connectivity index (χ3v) is 7.04. The molecule has 0 aliphatic heterocycles. The number of hydrazone groups is 1. The van der Waals surface area contributed by atoms with E-state index in [0.29, 0.717) is 22.6 Å². The van der Waals surface area contributed by atoms with Crippen molar-refractivity contribution < 1.29 is 14.3 Å². The largest absolute Gasteiger partial charge is 0.493 e. The van der Waals surface area contributed by atoms with E-state index in [9.17, 15) is 4.79 Å². The van der Waals surface area contributed by atoms with Crippen molar-refractivity contribution in [3.8, 4) is 22.9 Å². The Morgan fingerprint density at radius 1 is 1.11 bits per heavy atom. The lowest BCUT2D eigenvalue weighted by Gasteiger charge is -2.25. The molecule has 0 bridgehead atoms. The zero-order chi connectivity index (χ0) is 24.6. The molecule has 8 nitrogen and oxygen atoms in total. The molecule has 4 rings (SSSR count). The monoisotopic (exact) mass is 513 g/mol. The maximum Gasteiger partial charge on any atom is 0.250 e. The Kier molecular flexibility index (Phi) is 8.65. The highest BCUT2D eigenvalue weighted by atomic mass is 35.5. The Morgan fingerprint density at radius 3 is 2.57 bits per heavy atom. The van der Waals surface area contributed by atoms with Crippen molar-refractivity contribution in [1.29, 1.82) is 0 Å². The number of carbonyl (C=O) groups excluding carboxylic acids is 1. The number of thioether (sulfide) groups is 1. The van der Waals surface area contributed by atoms with E-state index in [2.05, 4.69) is 25.3 Å². The van der Waals surface area contributed by atoms with Crippen molar-refractivity contribution in [2.45, 2.75) is 43.3 Å². The van der Waals surface area contributed by atoms with Gasteiger partial charge in [-0.05, 0) is 60.9 Å². The zero-order valence-corrected chi connectivity index (χ0v) is 21.3. The molecule has 1 amide bonds. The third-order valence-electron chi connectivity index (χ3n) is 5.85. The van der Waals surface area contributed by atoms with Crippen LogP contribution in [-0.2, 0) is 4.79 Å². The van der Waals surface area contributed by atoms with Crippen LogP contribution in [0.2, 0.25) is 5.02 Å². The minimum Gasteiger partial charge on any atom is -0.493 e. The Morgan fingerprint density at radius 2 is 1.86 bits per heavy atom. The van der Waals surface area contributed by atoms with Crippen molar-refractivity contribution in [2.24, 2.45) is 5.10 Å². The highest BCUT2D eigenvalue weighted by molar-refractivity contribution is 7.99. The quantitative estimate of drug-likeness (QED) is 0.235. The highest BCUT2D eigenvalue weighted by Crippen LogP contribution is 2.35. The van der Waals surface area contributed by atoms with Crippen molar-refractivity contribution in [3.05, 3.63) is 53.1 Å². The highest BCUT2D eigenvalue weighted by Gasteiger charge is 2.24. The van der Waals surface area contributed by atoms with E-state index in [1.54, 1.807) is 32.6 Å². The van der Waals surface area contributed by atoms with Crippen LogP contribution in [0.5, 0.6) is 11.5 Å². The van der Waals surface area contributed by atoms with Gasteiger partial charge in [0.05, 0.1) is 26.2 Å². The van der Waals surface area contributed by atoms with Crippen LogP contribution in [0.4, 0.5) is 0 Å². The van der Waals surface area contributed by atoms with Crippen LogP contribution in [0.25, 0.3) is 11.4 Å². The van der Waals surface area contributed by atoms with Gasteiger partial charge in [0.15, 0.2) is 22.5 Å². The summed E-state index contributed by atoms with van der Waals surface area (Å²) in [5.41, 5.74) is 4.32. The lowest BCUT2D eigenvalue weighted by molar-refractivity contribution is -0.118. The molecule has 1 aliphatic rings. The van der Waals surface area contributed by atoms with E-state index >= 15 is 0 Å². The minimum atomic E-state index is -0.224. The molecule has 0 unspecified atom stereocenters. The smallest absolute Gasteiger partial charge is 0.250 e. The summed E-state index contributed by atoms with van der Waals surface area (Å²) in [5.74, 6) is 1.98. The topological polar surface area (TPSA) is 90.6 Å². The number of carbonyl (C=O) groups is 1. The first-order valence-corrected chi connectivity index (χ1v) is 12.8. The van der Waals surface area contributed by atoms with Gasteiger partial charge < -0.3 is 9.47 Å². The van der Waals surface area contributed by atoms with Crippen LogP contribution in [0.1, 0.15) is 43.7 Å². The van der Waals surface area contributed by atoms with Crippen LogP contribution in [0.3, 0.4) is 0 Å². The molecule has 0 radical (unpaired) electrons. The standard InChI is InChI=1S/C25H28ClN5O3S/c1-33-21-13-8-17(14-22(21)34-2)15-27-28-23(32)16-35-25-30-29-24(18-9-11-19(26)12-10-18)31(25)20-6-4-3-5-7-20/h8-15,20H,3-7,16H2,1-2H3,(H,28,32)/b27-15+. The fraction of sp³-hybridized carbons (Fsp3) is 0.360. The van der Waals surface area contributed by atoms with Gasteiger partial charge in [-0.25, -0.2) is 5.43 Å². The minimum absolute atomic E-state index is 0.175. The number of benzene rings is 2. The van der Waals surface area contributed by atoms with Gasteiger partial charge in [-0.15, -0.1) is 10.2 Å². The maximum absolute atomic E-state index is 12.5. The first kappa shape index (κ1) is 25.1. The predicted octanol–water partition coefficient (Wildman–Crippen LogP) is 5.36. The number of rotatable bonds is 9. The average Bonchev–Trinajstić information content (AvgIpc) is 3.32. The fourth-order valence-electron chi connectivity index (χ4n) is 4.11. The van der Waals surface area contributed by atoms with Gasteiger partial charge >= 0.3 is 0 Å². The number of hydrogen-bond acceptors (Lipinski definition) is 7. The van der Waals surface area contributed by atoms with E-state index in [0.717, 1.165) is 34.9 Å². The van der Waals surface area contributed by atoms with Crippen molar-refractivity contribution in [1.82, 2.24) is 20.2 Å². The number of methoxy groups -OCH3 is 2. The second-order valence-electron chi connectivity index (χ2n) is 8.17. The van der Waals surface area contributed by atoms with E-state index in [1.165, 1.54) is 31.0 Å². The molecular weight excluding hydrogens is 486 g/mol. The summed E-state index contributed by atoms with van der Waals surface area (Å²) >= 11 is 7.44. The van der Waals surface area contributed by atoms with Gasteiger partial charge in [0.1, 0.15) is 0 Å². The van der Waals surface area contributed by atoms with Gasteiger partial charge in [0.2, 0.25) is 0 Å². The molecule has 1 aromatic heterocycles. The molecule has 2 aromatic carbocycles. The Balaban J connectivity index is 1.43. The fourth-order valence-corrected chi connectivity index (χ4v) is 5.04. The number of halogens is 1. The SMILES string of the molecule is COc1ccc(/C=N/NC(=O)CSc2nnc(-c3ccc(Cl)cc3)n2C2CCCCC2)cc1OC. The van der Waals surface area contributed by atoms with E-state index in [-0.39, 0.29) is 11.7 Å². The molecule has 1 N–H and O–H groups in total. The second-order valence-corrected chi connectivity index (χ2v) is 9.55. The lowest BCUT2D eigenvalue weighted by atomic mass is 9.95. The molecule has 1 aliphatic carbocycles. The molecule has 0 spiro atoms. The Labute approximate surface area is 214 Å². The first-order chi connectivity index (χ1) is 17.1. The summed E-state index contributed by atoms with van der Waals surface area (Å²) in [5, 5.41) is 14.4. The molecule has 184 valence electrons. The molecule has 3 aromatic rings. The van der Waals surface area contributed by atoms with Crippen LogP contribution in [-0.4, -0.2) is 46.9 Å². The van der Waals surface area contributed by atoms with E-state index in [1.807, 2.05) is 30.3 Å². The number of hydrogen-bond donors (Lipinski definition) is 1. The van der Waals surface area contributed by atoms with Gasteiger partial charge in [-0.3, -0.25) is 9.36 Å². The average molecular weight is 514 g/mol. The summed E-state index contributed by atoms with van der Waals surface area (Å²) in [6.45, 7) is 0. The molecule has 0 atom stereocenters. The van der Waals surface area contributed by atoms with Gasteiger partial charge in [0, 0.05) is 16.6 Å². The van der Waals surface area contributed by atoms with Crippen molar-refractivity contribution >= 4 is 35.5 Å². The van der Waals surface area contributed by atoms with Crippen LogP contribution >= 0.6 is 23.4 Å². The zero-order valence-electron chi connectivity index (χ0n) is 19.7. The van der Waals surface area contributed by atoms with Gasteiger partial charge in [-0.2, -0.15) is 5.10 Å². The van der Waals surface area contributed by atoms with Gasteiger partial charge in [0.25, 0.3) is 5.91 Å². The number of nitrogens with zero attached hydrogens (tertiary/aromatic N) is 4. The molecule has 1 fully saturated rings. The maximum atomic E-state index is 12.5. The second kappa shape index (κ2) is 12.1. The van der Waals surface area contributed by atoms with Crippen LogP contribution in [0, 0.1) is 0 Å². The number of amides is 1. The lowest BCUT2D eigenvalue weighted by Crippen LogP contribution is -2.20. The van der Waals surface area contributed by atoms with Gasteiger partial charge in [-0.1, -0.05) is 42.6 Å². The summed E-state index contributed by atoms with van der Waals surface area (Å²) < 4.78 is 12.7. The van der Waals surface area contributed by atoms with E-state index < -0.39 is 0 Å². The Bertz CT molecular complexity index is 1180. The number of aromatic nitrogens is 3. The summed E-state index contributed by atoms with van der Waals surface area (Å²) in [6, 6.07) is 13.3. The normalized spacial score (nSPS) is 14.3. The molecule has 1 saturated carbocycles. The molecule has 10 heteroatoms. The third kappa shape index (κ3) is 6.35. The summed E-state index contributed by atoms with van der Waals surface area (Å²) in [7, 11) is 3.15. The summed E-state index contributed by atoms with van der Waals surface area (Å²) in [4.78, 5) is 12.5. The molecule has 1 heterocycles. The predicted molar refractivity (Wildman–Crippen MR) is 139 cm³/mol. The van der Waals surface area contributed by atoms with Crippen molar-refractivity contribution in [3.63, 3.8) is 0 Å². The van der Waals surface area contributed by atoms with Crippen molar-refractivity contribution in [2.75, 3.05) is 20.0 Å². The van der Waals surface area contributed by atoms with E-state index in [4.69, 9.17) is 21.1 Å². The van der Waals surface area contributed by atoms with Crippen LogP contribution < -0.4 is 14.9 Å². The number of ether oxygens (including phenoxy) is 2. The Hall–Kier alpha value is -3.04. The number of nitrogens with one attached hydrogen (secondary N) is 1.